The summed E-state index contributed by atoms with van der Waals surface area (Å²) in [7, 11) is 0. The van der Waals surface area contributed by atoms with Gasteiger partial charge >= 0.3 is 5.97 Å². The summed E-state index contributed by atoms with van der Waals surface area (Å²) in [5, 5.41) is 12.6. The Balaban J connectivity index is 2.07. The van der Waals surface area contributed by atoms with Crippen molar-refractivity contribution in [2.75, 3.05) is 11.9 Å². The summed E-state index contributed by atoms with van der Waals surface area (Å²) < 4.78 is 4.79. The van der Waals surface area contributed by atoms with Crippen molar-refractivity contribution in [3.8, 4) is 6.07 Å². The maximum atomic E-state index is 11.5. The van der Waals surface area contributed by atoms with Gasteiger partial charge in [0.2, 0.25) is 0 Å². The zero-order valence-corrected chi connectivity index (χ0v) is 12.4. The number of nitriles is 1. The summed E-state index contributed by atoms with van der Waals surface area (Å²) in [5.41, 5.74) is 1.09. The van der Waals surface area contributed by atoms with Crippen molar-refractivity contribution in [3.05, 3.63) is 22.3 Å². The van der Waals surface area contributed by atoms with Crippen molar-refractivity contribution in [2.45, 2.75) is 33.1 Å². The first-order valence-corrected chi connectivity index (χ1v) is 7.48. The number of esters is 1. The molecule has 0 aliphatic heterocycles. The highest BCUT2D eigenvalue weighted by Gasteiger charge is 2.19. The van der Waals surface area contributed by atoms with Crippen LogP contribution in [0.1, 0.15) is 30.8 Å². The Hall–Kier alpha value is -1.87. The standard InChI is InChI=1S/C14H17N3O2S/c1-3-19-13(18)10(7-15)8-16-14-17-11-5-4-9(2)6-12(11)20-14/h8-9H,3-6H2,1-2H3,(H,16,17). The topological polar surface area (TPSA) is 75.0 Å². The number of carbonyl (C=O) groups is 1. The molecule has 0 spiro atoms. The van der Waals surface area contributed by atoms with E-state index < -0.39 is 5.97 Å². The SMILES string of the molecule is CCOC(=O)C(C#N)=CNc1nc2c(s1)CC(C)CC2. The second-order valence-electron chi connectivity index (χ2n) is 4.77. The van der Waals surface area contributed by atoms with Crippen molar-refractivity contribution in [1.29, 1.82) is 5.26 Å². The van der Waals surface area contributed by atoms with Crippen molar-refractivity contribution in [2.24, 2.45) is 5.92 Å². The Morgan fingerprint density at radius 1 is 1.70 bits per heavy atom. The largest absolute Gasteiger partial charge is 0.462 e. The number of hydrogen-bond acceptors (Lipinski definition) is 6. The highest BCUT2D eigenvalue weighted by molar-refractivity contribution is 7.15. The Bertz CT molecular complexity index is 571. The molecule has 0 amide bonds. The van der Waals surface area contributed by atoms with Gasteiger partial charge in [-0.2, -0.15) is 5.26 Å². The van der Waals surface area contributed by atoms with E-state index in [0.29, 0.717) is 5.92 Å². The van der Waals surface area contributed by atoms with Crippen LogP contribution in [0.5, 0.6) is 0 Å². The summed E-state index contributed by atoms with van der Waals surface area (Å²) in [4.78, 5) is 17.3. The van der Waals surface area contributed by atoms with E-state index in [1.807, 2.05) is 6.07 Å². The molecule has 20 heavy (non-hydrogen) atoms. The van der Waals surface area contributed by atoms with E-state index in [1.54, 1.807) is 18.3 Å². The molecule has 1 unspecified atom stereocenters. The fourth-order valence-electron chi connectivity index (χ4n) is 2.08. The number of carbonyl (C=O) groups excluding carboxylic acids is 1. The summed E-state index contributed by atoms with van der Waals surface area (Å²) in [6.45, 7) is 4.20. The minimum Gasteiger partial charge on any atom is -0.462 e. The van der Waals surface area contributed by atoms with Gasteiger partial charge in [0.15, 0.2) is 10.7 Å². The quantitative estimate of drug-likeness (QED) is 0.524. The van der Waals surface area contributed by atoms with Crippen molar-refractivity contribution in [3.63, 3.8) is 0 Å². The van der Waals surface area contributed by atoms with E-state index in [1.165, 1.54) is 11.1 Å². The molecule has 0 aromatic carbocycles. The number of ether oxygens (including phenoxy) is 1. The third-order valence-corrected chi connectivity index (χ3v) is 4.19. The number of nitrogens with one attached hydrogen (secondary N) is 1. The summed E-state index contributed by atoms with van der Waals surface area (Å²) in [6.07, 6.45) is 4.59. The molecule has 0 saturated carbocycles. The summed E-state index contributed by atoms with van der Waals surface area (Å²) in [6, 6.07) is 1.83. The van der Waals surface area contributed by atoms with Gasteiger partial charge in [-0.15, -0.1) is 11.3 Å². The van der Waals surface area contributed by atoms with Gasteiger partial charge in [0.05, 0.1) is 12.3 Å². The van der Waals surface area contributed by atoms with E-state index in [0.717, 1.165) is 30.1 Å². The van der Waals surface area contributed by atoms with Crippen LogP contribution in [0.2, 0.25) is 0 Å². The van der Waals surface area contributed by atoms with Crippen molar-refractivity contribution < 1.29 is 9.53 Å². The van der Waals surface area contributed by atoms with Gasteiger partial charge < -0.3 is 10.1 Å². The fraction of sp³-hybridized carbons (Fsp3) is 0.500. The Morgan fingerprint density at radius 2 is 2.50 bits per heavy atom. The first-order chi connectivity index (χ1) is 9.63. The van der Waals surface area contributed by atoms with E-state index in [-0.39, 0.29) is 12.2 Å². The van der Waals surface area contributed by atoms with Crippen LogP contribution in [0.3, 0.4) is 0 Å². The van der Waals surface area contributed by atoms with Gasteiger partial charge in [0.1, 0.15) is 6.07 Å². The molecular formula is C14H17N3O2S. The number of aromatic nitrogens is 1. The Labute approximate surface area is 122 Å². The number of rotatable bonds is 4. The third kappa shape index (κ3) is 3.36. The monoisotopic (exact) mass is 291 g/mol. The lowest BCUT2D eigenvalue weighted by Gasteiger charge is -2.15. The Morgan fingerprint density at radius 3 is 3.20 bits per heavy atom. The number of anilines is 1. The highest BCUT2D eigenvalue weighted by Crippen LogP contribution is 2.32. The zero-order chi connectivity index (χ0) is 14.5. The molecule has 5 nitrogen and oxygen atoms in total. The van der Waals surface area contributed by atoms with Gasteiger partial charge in [0.25, 0.3) is 0 Å². The van der Waals surface area contributed by atoms with Crippen LogP contribution in [-0.2, 0) is 22.4 Å². The first-order valence-electron chi connectivity index (χ1n) is 6.66. The number of nitrogens with zero attached hydrogens (tertiary/aromatic N) is 2. The average molecular weight is 291 g/mol. The number of fused-ring (bicyclic) bond motifs is 1. The molecule has 0 saturated heterocycles. The molecule has 1 aromatic heterocycles. The molecule has 0 radical (unpaired) electrons. The van der Waals surface area contributed by atoms with E-state index in [4.69, 9.17) is 10.00 Å². The second kappa shape index (κ2) is 6.53. The third-order valence-electron chi connectivity index (χ3n) is 3.14. The molecule has 6 heteroatoms. The highest BCUT2D eigenvalue weighted by atomic mass is 32.1. The molecule has 1 heterocycles. The fourth-order valence-corrected chi connectivity index (χ4v) is 3.22. The molecule has 2 rings (SSSR count). The maximum absolute atomic E-state index is 11.5. The molecule has 106 valence electrons. The lowest BCUT2D eigenvalue weighted by Crippen LogP contribution is -2.09. The van der Waals surface area contributed by atoms with Gasteiger partial charge in [-0.25, -0.2) is 9.78 Å². The van der Waals surface area contributed by atoms with Crippen molar-refractivity contribution in [1.82, 2.24) is 4.98 Å². The van der Waals surface area contributed by atoms with Crippen LogP contribution in [-0.4, -0.2) is 17.6 Å². The lowest BCUT2D eigenvalue weighted by molar-refractivity contribution is -0.138. The number of hydrogen-bond donors (Lipinski definition) is 1. The second-order valence-corrected chi connectivity index (χ2v) is 5.86. The molecule has 1 aliphatic rings. The maximum Gasteiger partial charge on any atom is 0.350 e. The van der Waals surface area contributed by atoms with Gasteiger partial charge in [-0.05, 0) is 32.1 Å². The van der Waals surface area contributed by atoms with Gasteiger partial charge in [-0.3, -0.25) is 0 Å². The van der Waals surface area contributed by atoms with E-state index >= 15 is 0 Å². The van der Waals surface area contributed by atoms with Crippen LogP contribution in [0.25, 0.3) is 0 Å². The summed E-state index contributed by atoms with van der Waals surface area (Å²) in [5.74, 6) is 0.0815. The minimum atomic E-state index is -0.613. The average Bonchev–Trinajstić information content (AvgIpc) is 2.81. The van der Waals surface area contributed by atoms with Crippen LogP contribution < -0.4 is 5.32 Å². The number of thiazole rings is 1. The van der Waals surface area contributed by atoms with E-state index in [9.17, 15) is 4.79 Å². The predicted octanol–water partition coefficient (Wildman–Crippen LogP) is 2.65. The predicted molar refractivity (Wildman–Crippen MR) is 77.3 cm³/mol. The van der Waals surface area contributed by atoms with Crippen LogP contribution in [0.15, 0.2) is 11.8 Å². The molecule has 1 aliphatic carbocycles. The van der Waals surface area contributed by atoms with Crippen LogP contribution in [0, 0.1) is 17.2 Å². The minimum absolute atomic E-state index is 0.0478. The summed E-state index contributed by atoms with van der Waals surface area (Å²) >= 11 is 1.59. The van der Waals surface area contributed by atoms with Crippen LogP contribution >= 0.6 is 11.3 Å². The molecule has 1 N–H and O–H groups in total. The smallest absolute Gasteiger partial charge is 0.350 e. The molecule has 0 bridgehead atoms. The van der Waals surface area contributed by atoms with E-state index in [2.05, 4.69) is 17.2 Å². The zero-order valence-electron chi connectivity index (χ0n) is 11.6. The Kier molecular flexibility index (Phi) is 4.74. The molecular weight excluding hydrogens is 274 g/mol. The first kappa shape index (κ1) is 14.5. The van der Waals surface area contributed by atoms with Crippen molar-refractivity contribution >= 4 is 22.4 Å². The molecule has 1 atom stereocenters. The normalized spacial score (nSPS) is 18.1. The molecule has 1 aromatic rings. The van der Waals surface area contributed by atoms with Gasteiger partial charge in [-0.1, -0.05) is 6.92 Å². The van der Waals surface area contributed by atoms with Gasteiger partial charge in [0, 0.05) is 11.1 Å². The lowest BCUT2D eigenvalue weighted by atomic mass is 9.93. The van der Waals surface area contributed by atoms with Crippen LogP contribution in [0.4, 0.5) is 5.13 Å². The number of aryl methyl sites for hydroxylation is 1. The molecule has 0 fully saturated rings.